The minimum atomic E-state index is -0.606. The molecule has 1 saturated carbocycles. The summed E-state index contributed by atoms with van der Waals surface area (Å²) in [4.78, 5) is 15.4. The smallest absolute Gasteiger partial charge is 0.268 e. The number of imidazole rings is 1. The lowest BCUT2D eigenvalue weighted by Gasteiger charge is -2.22. The number of carbonyl (C=O) groups is 1. The molecule has 0 bridgehead atoms. The monoisotopic (exact) mass is 461 g/mol. The normalized spacial score (nSPS) is 16.2. The van der Waals surface area contributed by atoms with Crippen molar-refractivity contribution in [1.29, 1.82) is 0 Å². The van der Waals surface area contributed by atoms with E-state index >= 15 is 0 Å². The van der Waals surface area contributed by atoms with Crippen LogP contribution in [0, 0.1) is 0 Å². The van der Waals surface area contributed by atoms with E-state index in [1.165, 1.54) is 37.7 Å². The summed E-state index contributed by atoms with van der Waals surface area (Å²) in [6.45, 7) is 2.26. The number of para-hydroxylation sites is 1. The molecule has 2 aromatic carbocycles. The van der Waals surface area contributed by atoms with Crippen molar-refractivity contribution in [1.82, 2.24) is 9.55 Å². The summed E-state index contributed by atoms with van der Waals surface area (Å²) in [7, 11) is 0. The van der Waals surface area contributed by atoms with Crippen LogP contribution < -0.4 is 10.5 Å². The number of hydrogen-bond donors (Lipinski definition) is 2. The van der Waals surface area contributed by atoms with Gasteiger partial charge in [0.2, 0.25) is 0 Å². The molecule has 3 aromatic rings. The average molecular weight is 462 g/mol. The molecular weight excluding hydrogens is 426 g/mol. The van der Waals surface area contributed by atoms with E-state index in [1.807, 2.05) is 18.2 Å². The van der Waals surface area contributed by atoms with Crippen LogP contribution in [0.25, 0.3) is 0 Å². The summed E-state index contributed by atoms with van der Waals surface area (Å²) in [6.07, 6.45) is 10.6. The van der Waals surface area contributed by atoms with Crippen molar-refractivity contribution in [3.05, 3.63) is 83.4 Å². The number of primary amides is 1. The fraction of sp³-hybridized carbons (Fsp3) is 0.429. The van der Waals surface area contributed by atoms with Gasteiger partial charge in [-0.1, -0.05) is 61.7 Å². The highest BCUT2D eigenvalue weighted by atomic mass is 16.5. The summed E-state index contributed by atoms with van der Waals surface area (Å²) in [5.74, 6) is 0.987. The van der Waals surface area contributed by atoms with Gasteiger partial charge in [0, 0.05) is 6.20 Å². The Kier molecular flexibility index (Phi) is 8.01. The standard InChI is InChI=1S/C28H35N3O3/c1-20(32)26(31-17-25(28(29)33)30-19-31)16-15-24-9-5-6-10-27(24)34-18-21-11-13-23(14-12-21)22-7-3-2-4-8-22/h5-6,9-14,17,19-20,22,26,32H,2-4,7-8,15-16,18H2,1H3,(H2,29,33)/t20-,26+/m0/s1. The number of nitrogens with two attached hydrogens (primary N) is 1. The average Bonchev–Trinajstić information content (AvgIpc) is 3.34. The van der Waals surface area contributed by atoms with Crippen LogP contribution in [-0.4, -0.2) is 26.7 Å². The third-order valence-electron chi connectivity index (χ3n) is 6.93. The summed E-state index contributed by atoms with van der Waals surface area (Å²) >= 11 is 0. The van der Waals surface area contributed by atoms with E-state index < -0.39 is 12.0 Å². The quantitative estimate of drug-likeness (QED) is 0.436. The van der Waals surface area contributed by atoms with Crippen LogP contribution in [-0.2, 0) is 13.0 Å². The van der Waals surface area contributed by atoms with Gasteiger partial charge in [-0.05, 0) is 61.3 Å². The number of aryl methyl sites for hydroxylation is 1. The van der Waals surface area contributed by atoms with E-state index in [9.17, 15) is 9.90 Å². The minimum Gasteiger partial charge on any atom is -0.489 e. The Morgan fingerprint density at radius 1 is 1.15 bits per heavy atom. The molecule has 6 nitrogen and oxygen atoms in total. The second-order valence-corrected chi connectivity index (χ2v) is 9.39. The number of aliphatic hydroxyl groups excluding tert-OH is 1. The fourth-order valence-electron chi connectivity index (χ4n) is 4.92. The zero-order valence-electron chi connectivity index (χ0n) is 19.9. The lowest BCUT2D eigenvalue weighted by molar-refractivity contribution is 0.0994. The van der Waals surface area contributed by atoms with Crippen LogP contribution >= 0.6 is 0 Å². The van der Waals surface area contributed by atoms with Crippen molar-refractivity contribution >= 4 is 5.91 Å². The molecular formula is C28H35N3O3. The second-order valence-electron chi connectivity index (χ2n) is 9.39. The van der Waals surface area contributed by atoms with Crippen LogP contribution in [0.5, 0.6) is 5.75 Å². The van der Waals surface area contributed by atoms with Crippen molar-refractivity contribution in [2.75, 3.05) is 0 Å². The van der Waals surface area contributed by atoms with Gasteiger partial charge in [-0.3, -0.25) is 4.79 Å². The first-order valence-electron chi connectivity index (χ1n) is 12.3. The fourth-order valence-corrected chi connectivity index (χ4v) is 4.92. The third-order valence-corrected chi connectivity index (χ3v) is 6.93. The van der Waals surface area contributed by atoms with Crippen molar-refractivity contribution in [3.8, 4) is 5.75 Å². The maximum atomic E-state index is 11.4. The topological polar surface area (TPSA) is 90.4 Å². The Hall–Kier alpha value is -3.12. The van der Waals surface area contributed by atoms with E-state index in [0.29, 0.717) is 18.9 Å². The molecule has 0 saturated heterocycles. The lowest BCUT2D eigenvalue weighted by atomic mass is 9.84. The number of rotatable bonds is 10. The molecule has 2 atom stereocenters. The first-order chi connectivity index (χ1) is 16.5. The molecule has 1 fully saturated rings. The molecule has 1 aliphatic rings. The molecule has 0 aliphatic heterocycles. The van der Waals surface area contributed by atoms with Crippen molar-refractivity contribution < 1.29 is 14.6 Å². The van der Waals surface area contributed by atoms with Gasteiger partial charge in [-0.2, -0.15) is 0 Å². The van der Waals surface area contributed by atoms with Gasteiger partial charge in [0.15, 0.2) is 0 Å². The number of aliphatic hydroxyl groups is 1. The van der Waals surface area contributed by atoms with Crippen LogP contribution in [0.4, 0.5) is 0 Å². The molecule has 4 rings (SSSR count). The van der Waals surface area contributed by atoms with Crippen LogP contribution in [0.2, 0.25) is 0 Å². The second kappa shape index (κ2) is 11.3. The molecule has 180 valence electrons. The van der Waals surface area contributed by atoms with Crippen molar-refractivity contribution in [2.45, 2.75) is 76.5 Å². The van der Waals surface area contributed by atoms with E-state index in [-0.39, 0.29) is 11.7 Å². The zero-order valence-corrected chi connectivity index (χ0v) is 19.9. The number of hydrogen-bond acceptors (Lipinski definition) is 4. The first kappa shape index (κ1) is 24.0. The van der Waals surface area contributed by atoms with E-state index in [2.05, 4.69) is 35.3 Å². The first-order valence-corrected chi connectivity index (χ1v) is 12.3. The molecule has 3 N–H and O–H groups in total. The molecule has 0 unspecified atom stereocenters. The summed E-state index contributed by atoms with van der Waals surface area (Å²) in [5.41, 5.74) is 9.22. The minimum absolute atomic E-state index is 0.198. The summed E-state index contributed by atoms with van der Waals surface area (Å²) in [6, 6.07) is 16.7. The highest BCUT2D eigenvalue weighted by Crippen LogP contribution is 2.33. The maximum Gasteiger partial charge on any atom is 0.268 e. The van der Waals surface area contributed by atoms with Gasteiger partial charge >= 0.3 is 0 Å². The van der Waals surface area contributed by atoms with Crippen LogP contribution in [0.15, 0.2) is 61.1 Å². The van der Waals surface area contributed by atoms with Crippen LogP contribution in [0.1, 0.15) is 84.6 Å². The number of benzene rings is 2. The highest BCUT2D eigenvalue weighted by molar-refractivity contribution is 5.90. The van der Waals surface area contributed by atoms with Crippen molar-refractivity contribution in [2.24, 2.45) is 5.73 Å². The van der Waals surface area contributed by atoms with Gasteiger partial charge in [0.1, 0.15) is 18.1 Å². The summed E-state index contributed by atoms with van der Waals surface area (Å²) < 4.78 is 7.97. The predicted octanol–water partition coefficient (Wildman–Crippen LogP) is 5.16. The number of ether oxygens (including phenoxy) is 1. The van der Waals surface area contributed by atoms with E-state index in [1.54, 1.807) is 24.0 Å². The SMILES string of the molecule is C[C@H](O)[C@@H](CCc1ccccc1OCc1ccc(C2CCCCC2)cc1)n1cnc(C(N)=O)c1. The Morgan fingerprint density at radius 2 is 1.88 bits per heavy atom. The van der Waals surface area contributed by atoms with Crippen molar-refractivity contribution in [3.63, 3.8) is 0 Å². The predicted molar refractivity (Wildman–Crippen MR) is 133 cm³/mol. The molecule has 34 heavy (non-hydrogen) atoms. The van der Waals surface area contributed by atoms with Gasteiger partial charge in [0.25, 0.3) is 5.91 Å². The molecule has 1 amide bonds. The highest BCUT2D eigenvalue weighted by Gasteiger charge is 2.20. The Morgan fingerprint density at radius 3 is 2.56 bits per heavy atom. The van der Waals surface area contributed by atoms with Gasteiger partial charge in [-0.25, -0.2) is 4.98 Å². The van der Waals surface area contributed by atoms with Crippen LogP contribution in [0.3, 0.4) is 0 Å². The number of amides is 1. The third kappa shape index (κ3) is 6.06. The molecule has 6 heteroatoms. The number of carbonyl (C=O) groups excluding carboxylic acids is 1. The Balaban J connectivity index is 1.37. The van der Waals surface area contributed by atoms with Gasteiger partial charge < -0.3 is 20.1 Å². The van der Waals surface area contributed by atoms with E-state index in [0.717, 1.165) is 23.3 Å². The maximum absolute atomic E-state index is 11.4. The Bertz CT molecular complexity index is 1070. The molecule has 0 radical (unpaired) electrons. The Labute approximate surface area is 201 Å². The zero-order chi connectivity index (χ0) is 23.9. The summed E-state index contributed by atoms with van der Waals surface area (Å²) in [5, 5.41) is 10.3. The molecule has 1 aliphatic carbocycles. The largest absolute Gasteiger partial charge is 0.489 e. The van der Waals surface area contributed by atoms with Gasteiger partial charge in [0.05, 0.1) is 18.5 Å². The lowest BCUT2D eigenvalue weighted by Crippen LogP contribution is -2.21. The van der Waals surface area contributed by atoms with E-state index in [4.69, 9.17) is 10.5 Å². The molecule has 1 heterocycles. The van der Waals surface area contributed by atoms with Gasteiger partial charge in [-0.15, -0.1) is 0 Å². The molecule has 1 aromatic heterocycles. The number of nitrogens with zero attached hydrogens (tertiary/aromatic N) is 2. The molecule has 0 spiro atoms. The number of aromatic nitrogens is 2.